The van der Waals surface area contributed by atoms with Crippen molar-refractivity contribution in [3.8, 4) is 0 Å². The first-order valence-electron chi connectivity index (χ1n) is 4.80. The van der Waals surface area contributed by atoms with E-state index in [-0.39, 0.29) is 13.2 Å². The van der Waals surface area contributed by atoms with Crippen molar-refractivity contribution in [3.05, 3.63) is 0 Å². The number of ether oxygens (including phenoxy) is 4. The van der Waals surface area contributed by atoms with Crippen LogP contribution in [0.5, 0.6) is 0 Å². The number of rotatable bonds is 2. The van der Waals surface area contributed by atoms with Gasteiger partial charge in [-0.05, 0) is 0 Å². The lowest BCUT2D eigenvalue weighted by atomic mass is 10.5. The lowest BCUT2D eigenvalue weighted by Crippen LogP contribution is -2.47. The van der Waals surface area contributed by atoms with Gasteiger partial charge in [0.25, 0.3) is 12.6 Å². The van der Waals surface area contributed by atoms with Gasteiger partial charge in [-0.25, -0.2) is 9.59 Å². The van der Waals surface area contributed by atoms with Crippen molar-refractivity contribution >= 4 is 11.9 Å². The van der Waals surface area contributed by atoms with Crippen molar-refractivity contribution in [1.82, 2.24) is 0 Å². The van der Waals surface area contributed by atoms with Crippen LogP contribution in [0.25, 0.3) is 0 Å². The smallest absolute Gasteiger partial charge is 0.422 e. The van der Waals surface area contributed by atoms with E-state index in [0.717, 1.165) is 0 Å². The van der Waals surface area contributed by atoms with Gasteiger partial charge in [0.1, 0.15) is 0 Å². The fraction of sp³-hybridized carbons (Fsp3) is 0.750. The lowest BCUT2D eigenvalue weighted by molar-refractivity contribution is -0.319. The number of carbonyl (C=O) groups excluding carboxylic acids is 2. The van der Waals surface area contributed by atoms with Crippen LogP contribution >= 0.6 is 0 Å². The molecule has 0 radical (unpaired) electrons. The molecule has 0 aromatic heterocycles. The molecule has 1 aliphatic rings. The third-order valence-electron chi connectivity index (χ3n) is 1.78. The summed E-state index contributed by atoms with van der Waals surface area (Å²) < 4.78 is 87.9. The molecule has 20 heavy (non-hydrogen) atoms. The van der Waals surface area contributed by atoms with Gasteiger partial charge in [0.15, 0.2) is 0 Å². The van der Waals surface area contributed by atoms with E-state index < -0.39 is 36.9 Å². The van der Waals surface area contributed by atoms with Gasteiger partial charge in [0.2, 0.25) is 0 Å². The molecule has 6 nitrogen and oxygen atoms in total. The minimum atomic E-state index is -5.39. The minimum absolute atomic E-state index is 0.365. The zero-order chi connectivity index (χ0) is 15.6. The maximum Gasteiger partial charge on any atom is 0.491 e. The molecule has 1 saturated heterocycles. The Hall–Kier alpha value is -1.56. The number of esters is 2. The van der Waals surface area contributed by atoms with Crippen molar-refractivity contribution in [2.75, 3.05) is 13.2 Å². The van der Waals surface area contributed by atoms with Gasteiger partial charge in [0, 0.05) is 0 Å². The molecule has 0 aromatic carbocycles. The average molecular weight is 312 g/mol. The van der Waals surface area contributed by atoms with Crippen molar-refractivity contribution in [2.24, 2.45) is 0 Å². The first kappa shape index (κ1) is 16.5. The van der Waals surface area contributed by atoms with Crippen LogP contribution in [0.1, 0.15) is 0 Å². The molecule has 0 N–H and O–H groups in total. The van der Waals surface area contributed by atoms with Crippen LogP contribution in [0.2, 0.25) is 0 Å². The molecule has 2 unspecified atom stereocenters. The topological polar surface area (TPSA) is 71.1 Å². The predicted octanol–water partition coefficient (Wildman–Crippen LogP) is 0.896. The first-order valence-corrected chi connectivity index (χ1v) is 4.80. The molecule has 1 heterocycles. The normalized spacial score (nSPS) is 24.1. The molecule has 1 fully saturated rings. The van der Waals surface area contributed by atoms with Crippen molar-refractivity contribution in [1.29, 1.82) is 0 Å². The highest BCUT2D eigenvalue weighted by molar-refractivity contribution is 5.76. The van der Waals surface area contributed by atoms with E-state index in [1.165, 1.54) is 0 Å². The van der Waals surface area contributed by atoms with E-state index in [1.807, 2.05) is 0 Å². The molecule has 1 aliphatic heterocycles. The monoisotopic (exact) mass is 312 g/mol. The fourth-order valence-electron chi connectivity index (χ4n) is 1.01. The van der Waals surface area contributed by atoms with Crippen LogP contribution < -0.4 is 0 Å². The number of halogens is 6. The van der Waals surface area contributed by atoms with Gasteiger partial charge in [-0.15, -0.1) is 0 Å². The van der Waals surface area contributed by atoms with E-state index in [2.05, 4.69) is 18.9 Å². The van der Waals surface area contributed by atoms with E-state index in [0.29, 0.717) is 0 Å². The molecule has 0 spiro atoms. The molecule has 0 bridgehead atoms. The number of carbonyl (C=O) groups is 2. The third kappa shape index (κ3) is 4.52. The van der Waals surface area contributed by atoms with Gasteiger partial charge >= 0.3 is 24.3 Å². The van der Waals surface area contributed by atoms with Gasteiger partial charge in [-0.2, -0.15) is 26.3 Å². The quantitative estimate of drug-likeness (QED) is 0.557. The summed E-state index contributed by atoms with van der Waals surface area (Å²) in [6.07, 6.45) is -15.3. The second-order valence-electron chi connectivity index (χ2n) is 3.28. The highest BCUT2D eigenvalue weighted by atomic mass is 19.4. The van der Waals surface area contributed by atoms with E-state index in [9.17, 15) is 35.9 Å². The standard InChI is InChI=1S/C8H6F6O6/c9-7(10,11)5(15)19-3-4(18-2-1-17-3)20-6(16)8(12,13)14/h3-4H,1-2H2. The van der Waals surface area contributed by atoms with Crippen LogP contribution in [-0.4, -0.2) is 50.1 Å². The zero-order valence-corrected chi connectivity index (χ0v) is 9.29. The van der Waals surface area contributed by atoms with E-state index in [4.69, 9.17) is 0 Å². The molecule has 12 heteroatoms. The van der Waals surface area contributed by atoms with E-state index >= 15 is 0 Å². The largest absolute Gasteiger partial charge is 0.491 e. The molecule has 116 valence electrons. The van der Waals surface area contributed by atoms with Crippen LogP contribution in [0.15, 0.2) is 0 Å². The van der Waals surface area contributed by atoms with Gasteiger partial charge in [-0.3, -0.25) is 0 Å². The molecule has 0 aliphatic carbocycles. The maximum atomic E-state index is 11.9. The number of hydrogen-bond donors (Lipinski definition) is 0. The molecule has 0 aromatic rings. The average Bonchev–Trinajstić information content (AvgIpc) is 2.29. The second-order valence-corrected chi connectivity index (χ2v) is 3.28. The third-order valence-corrected chi connectivity index (χ3v) is 1.78. The molecule has 1 rings (SSSR count). The highest BCUT2D eigenvalue weighted by Gasteiger charge is 2.48. The fourth-order valence-corrected chi connectivity index (χ4v) is 1.01. The summed E-state index contributed by atoms with van der Waals surface area (Å²) in [6, 6.07) is 0. The second kappa shape index (κ2) is 5.83. The van der Waals surface area contributed by atoms with Crippen molar-refractivity contribution in [3.63, 3.8) is 0 Å². The van der Waals surface area contributed by atoms with E-state index in [1.54, 1.807) is 0 Å². The van der Waals surface area contributed by atoms with Crippen LogP contribution in [0.3, 0.4) is 0 Å². The lowest BCUT2D eigenvalue weighted by Gasteiger charge is -2.30. The number of alkyl halides is 6. The van der Waals surface area contributed by atoms with Crippen LogP contribution in [-0.2, 0) is 28.5 Å². The SMILES string of the molecule is O=C(OC1OCCOC1OC(=O)C(F)(F)F)C(F)(F)F. The molecular weight excluding hydrogens is 306 g/mol. The Bertz CT molecular complexity index is 341. The minimum Gasteiger partial charge on any atom is -0.422 e. The summed E-state index contributed by atoms with van der Waals surface area (Å²) in [5, 5.41) is 0. The highest BCUT2D eigenvalue weighted by Crippen LogP contribution is 2.23. The van der Waals surface area contributed by atoms with Gasteiger partial charge in [0.05, 0.1) is 13.2 Å². The maximum absolute atomic E-state index is 11.9. The molecule has 0 saturated carbocycles. The van der Waals surface area contributed by atoms with Crippen molar-refractivity contribution < 1.29 is 54.9 Å². The molecule has 2 atom stereocenters. The first-order chi connectivity index (χ1) is 9.01. The van der Waals surface area contributed by atoms with Crippen LogP contribution in [0, 0.1) is 0 Å². The zero-order valence-electron chi connectivity index (χ0n) is 9.29. The Balaban J connectivity index is 2.68. The molecule has 0 amide bonds. The Kier molecular flexibility index (Phi) is 4.81. The summed E-state index contributed by atoms with van der Waals surface area (Å²) in [5.41, 5.74) is 0. The number of hydrogen-bond acceptors (Lipinski definition) is 6. The predicted molar refractivity (Wildman–Crippen MR) is 43.8 cm³/mol. The van der Waals surface area contributed by atoms with Crippen molar-refractivity contribution in [2.45, 2.75) is 24.9 Å². The van der Waals surface area contributed by atoms with Gasteiger partial charge < -0.3 is 18.9 Å². The Morgan fingerprint density at radius 3 is 1.35 bits per heavy atom. The summed E-state index contributed by atoms with van der Waals surface area (Å²) >= 11 is 0. The summed E-state index contributed by atoms with van der Waals surface area (Å²) in [7, 11) is 0. The molecular formula is C8H6F6O6. The summed E-state index contributed by atoms with van der Waals surface area (Å²) in [5.74, 6) is -5.44. The Morgan fingerprint density at radius 1 is 0.800 bits per heavy atom. The Morgan fingerprint density at radius 2 is 1.10 bits per heavy atom. The van der Waals surface area contributed by atoms with Crippen LogP contribution in [0.4, 0.5) is 26.3 Å². The summed E-state index contributed by atoms with van der Waals surface area (Å²) in [6.45, 7) is -0.730. The Labute approximate surface area is 106 Å². The van der Waals surface area contributed by atoms with Gasteiger partial charge in [-0.1, -0.05) is 0 Å². The summed E-state index contributed by atoms with van der Waals surface area (Å²) in [4.78, 5) is 21.0.